The minimum absolute atomic E-state index is 0.195. The second-order valence-electron chi connectivity index (χ2n) is 5.44. The second kappa shape index (κ2) is 6.07. The van der Waals surface area contributed by atoms with Crippen LogP contribution in [0, 0.1) is 5.82 Å². The number of fused-ring (bicyclic) bond motifs is 1. The number of alkyl halides is 1. The summed E-state index contributed by atoms with van der Waals surface area (Å²) < 4.78 is 20.0. The van der Waals surface area contributed by atoms with Gasteiger partial charge in [0.25, 0.3) is 0 Å². The predicted octanol–water partition coefficient (Wildman–Crippen LogP) is 5.05. The first kappa shape index (κ1) is 14.4. The Balaban J connectivity index is 2.08. The molecule has 3 heteroatoms. The summed E-state index contributed by atoms with van der Waals surface area (Å²) in [5.41, 5.74) is 2.66. The van der Waals surface area contributed by atoms with Crippen molar-refractivity contribution < 1.29 is 9.13 Å². The zero-order chi connectivity index (χ0) is 14.8. The highest BCUT2D eigenvalue weighted by Crippen LogP contribution is 2.38. The Kier molecular flexibility index (Phi) is 4.16. The van der Waals surface area contributed by atoms with Crippen LogP contribution in [0.2, 0.25) is 0 Å². The molecule has 0 bridgehead atoms. The van der Waals surface area contributed by atoms with E-state index >= 15 is 0 Å². The highest BCUT2D eigenvalue weighted by molar-refractivity contribution is 6.23. The van der Waals surface area contributed by atoms with E-state index in [4.69, 9.17) is 16.3 Å². The molecule has 0 radical (unpaired) electrons. The van der Waals surface area contributed by atoms with Crippen LogP contribution in [0.3, 0.4) is 0 Å². The molecule has 110 valence electrons. The molecule has 0 spiro atoms. The van der Waals surface area contributed by atoms with Gasteiger partial charge in [-0.15, -0.1) is 11.6 Å². The third kappa shape index (κ3) is 3.06. The van der Waals surface area contributed by atoms with Gasteiger partial charge in [0.05, 0.1) is 11.5 Å². The highest BCUT2D eigenvalue weighted by Gasteiger charge is 2.23. The average molecular weight is 305 g/mol. The molecule has 1 nitrogen and oxygen atoms in total. The van der Waals surface area contributed by atoms with Gasteiger partial charge in [-0.1, -0.05) is 37.3 Å². The van der Waals surface area contributed by atoms with Crippen LogP contribution in [-0.4, -0.2) is 11.5 Å². The summed E-state index contributed by atoms with van der Waals surface area (Å²) in [7, 11) is 0. The van der Waals surface area contributed by atoms with Crippen LogP contribution in [0.1, 0.15) is 30.9 Å². The molecule has 0 N–H and O–H groups in total. The number of halogens is 2. The Bertz CT molecular complexity index is 630. The molecule has 3 rings (SSSR count). The summed E-state index contributed by atoms with van der Waals surface area (Å²) in [5.74, 6) is 0.594. The fourth-order valence-electron chi connectivity index (χ4n) is 2.81. The zero-order valence-corrected chi connectivity index (χ0v) is 12.7. The molecule has 0 fully saturated rings. The van der Waals surface area contributed by atoms with Crippen molar-refractivity contribution in [3.8, 4) is 5.75 Å². The van der Waals surface area contributed by atoms with Crippen molar-refractivity contribution in [3.05, 3.63) is 59.5 Å². The summed E-state index contributed by atoms with van der Waals surface area (Å²) in [6.07, 6.45) is 12.6. The normalized spacial score (nSPS) is 24.0. The van der Waals surface area contributed by atoms with Gasteiger partial charge in [-0.2, -0.15) is 0 Å². The Morgan fingerprint density at radius 2 is 2.19 bits per heavy atom. The maximum atomic E-state index is 13.9. The first-order valence-electron chi connectivity index (χ1n) is 7.37. The van der Waals surface area contributed by atoms with Gasteiger partial charge in [0, 0.05) is 5.56 Å². The van der Waals surface area contributed by atoms with E-state index in [0.717, 1.165) is 41.7 Å². The van der Waals surface area contributed by atoms with E-state index in [0.29, 0.717) is 0 Å². The van der Waals surface area contributed by atoms with Gasteiger partial charge in [-0.05, 0) is 42.5 Å². The summed E-state index contributed by atoms with van der Waals surface area (Å²) in [5, 5.41) is -0.195. The van der Waals surface area contributed by atoms with Crippen LogP contribution >= 0.6 is 11.6 Å². The molecular weight excluding hydrogens is 287 g/mol. The molecule has 0 aromatic heterocycles. The standard InChI is InChI=1S/C18H18ClFO/c1-2-16-8-7-13-10-15(20)11-17(18(13)21-16)12-5-3-4-6-14(19)9-12/h3-6,9-11,14,16H,2,7-8H2,1H3/t14?,16-/m0/s1. The number of rotatable bonds is 2. The van der Waals surface area contributed by atoms with Crippen LogP contribution in [0.25, 0.3) is 5.57 Å². The topological polar surface area (TPSA) is 9.23 Å². The average Bonchev–Trinajstić information content (AvgIpc) is 2.70. The first-order chi connectivity index (χ1) is 10.2. The SMILES string of the molecule is CC[C@H]1CCc2cc(F)cc(C3=CC(Cl)C=CC=C3)c2O1. The van der Waals surface area contributed by atoms with Crippen molar-refractivity contribution in [3.63, 3.8) is 0 Å². The Morgan fingerprint density at radius 3 is 3.00 bits per heavy atom. The van der Waals surface area contributed by atoms with Gasteiger partial charge in [-0.3, -0.25) is 0 Å². The second-order valence-corrected chi connectivity index (χ2v) is 5.94. The maximum absolute atomic E-state index is 13.9. The van der Waals surface area contributed by atoms with E-state index in [1.54, 1.807) is 12.1 Å². The van der Waals surface area contributed by atoms with E-state index in [-0.39, 0.29) is 17.3 Å². The number of benzene rings is 1. The van der Waals surface area contributed by atoms with Gasteiger partial charge in [0.15, 0.2) is 0 Å². The maximum Gasteiger partial charge on any atom is 0.130 e. The number of aryl methyl sites for hydroxylation is 1. The molecule has 21 heavy (non-hydrogen) atoms. The monoisotopic (exact) mass is 304 g/mol. The molecule has 1 aliphatic carbocycles. The fourth-order valence-corrected chi connectivity index (χ4v) is 3.03. The van der Waals surface area contributed by atoms with E-state index in [2.05, 4.69) is 6.92 Å². The van der Waals surface area contributed by atoms with E-state index in [9.17, 15) is 4.39 Å². The van der Waals surface area contributed by atoms with Crippen molar-refractivity contribution in [2.45, 2.75) is 37.7 Å². The largest absolute Gasteiger partial charge is 0.489 e. The lowest BCUT2D eigenvalue weighted by Crippen LogP contribution is -2.22. The smallest absolute Gasteiger partial charge is 0.130 e. The molecule has 0 amide bonds. The number of ether oxygens (including phenoxy) is 1. The van der Waals surface area contributed by atoms with Crippen LogP contribution in [0.15, 0.2) is 42.5 Å². The van der Waals surface area contributed by atoms with Gasteiger partial charge in [0.2, 0.25) is 0 Å². The lowest BCUT2D eigenvalue weighted by molar-refractivity contribution is 0.168. The Labute approximate surface area is 129 Å². The zero-order valence-electron chi connectivity index (χ0n) is 12.0. The van der Waals surface area contributed by atoms with Crippen molar-refractivity contribution in [2.24, 2.45) is 0 Å². The molecule has 1 heterocycles. The lowest BCUT2D eigenvalue weighted by Gasteiger charge is -2.27. The van der Waals surface area contributed by atoms with Crippen molar-refractivity contribution in [1.82, 2.24) is 0 Å². The molecule has 1 unspecified atom stereocenters. The molecular formula is C18H18ClFO. The minimum atomic E-state index is -0.222. The third-order valence-electron chi connectivity index (χ3n) is 3.94. The quantitative estimate of drug-likeness (QED) is 0.695. The molecule has 1 aliphatic heterocycles. The van der Waals surface area contributed by atoms with E-state index < -0.39 is 0 Å². The van der Waals surface area contributed by atoms with Gasteiger partial charge in [-0.25, -0.2) is 4.39 Å². The first-order valence-corrected chi connectivity index (χ1v) is 7.81. The lowest BCUT2D eigenvalue weighted by atomic mass is 9.94. The molecule has 0 saturated carbocycles. The van der Waals surface area contributed by atoms with Gasteiger partial charge < -0.3 is 4.74 Å². The van der Waals surface area contributed by atoms with Crippen molar-refractivity contribution >= 4 is 17.2 Å². The van der Waals surface area contributed by atoms with Crippen LogP contribution in [-0.2, 0) is 6.42 Å². The summed E-state index contributed by atoms with van der Waals surface area (Å²) >= 11 is 6.21. The Morgan fingerprint density at radius 1 is 1.33 bits per heavy atom. The molecule has 1 aromatic rings. The molecule has 2 atom stereocenters. The van der Waals surface area contributed by atoms with Gasteiger partial charge >= 0.3 is 0 Å². The third-order valence-corrected chi connectivity index (χ3v) is 4.21. The van der Waals surface area contributed by atoms with Crippen LogP contribution < -0.4 is 4.74 Å². The number of hydrogen-bond acceptors (Lipinski definition) is 1. The highest BCUT2D eigenvalue weighted by atomic mass is 35.5. The minimum Gasteiger partial charge on any atom is -0.489 e. The predicted molar refractivity (Wildman–Crippen MR) is 85.3 cm³/mol. The van der Waals surface area contributed by atoms with Crippen molar-refractivity contribution in [1.29, 1.82) is 0 Å². The van der Waals surface area contributed by atoms with E-state index in [1.807, 2.05) is 30.4 Å². The Hall–Kier alpha value is -1.54. The fraction of sp³-hybridized carbons (Fsp3) is 0.333. The van der Waals surface area contributed by atoms with E-state index in [1.165, 1.54) is 0 Å². The summed E-state index contributed by atoms with van der Waals surface area (Å²) in [6, 6.07) is 3.13. The summed E-state index contributed by atoms with van der Waals surface area (Å²) in [6.45, 7) is 2.11. The number of hydrogen-bond donors (Lipinski definition) is 0. The van der Waals surface area contributed by atoms with Gasteiger partial charge in [0.1, 0.15) is 11.6 Å². The van der Waals surface area contributed by atoms with Crippen LogP contribution in [0.4, 0.5) is 4.39 Å². The number of allylic oxidation sites excluding steroid dienone is 6. The molecule has 2 aliphatic rings. The molecule has 1 aromatic carbocycles. The van der Waals surface area contributed by atoms with Crippen LogP contribution in [0.5, 0.6) is 5.75 Å². The molecule has 0 saturated heterocycles. The summed E-state index contributed by atoms with van der Waals surface area (Å²) in [4.78, 5) is 0. The van der Waals surface area contributed by atoms with Crippen molar-refractivity contribution in [2.75, 3.05) is 0 Å².